The van der Waals surface area contributed by atoms with Crippen molar-refractivity contribution in [1.82, 2.24) is 4.90 Å². The van der Waals surface area contributed by atoms with Gasteiger partial charge in [0.15, 0.2) is 0 Å². The van der Waals surface area contributed by atoms with Gasteiger partial charge in [-0.05, 0) is 38.5 Å². The molecule has 0 spiro atoms. The van der Waals surface area contributed by atoms with Crippen LogP contribution in [0.4, 0.5) is 0 Å². The van der Waals surface area contributed by atoms with E-state index in [1.807, 2.05) is 43.0 Å². The second-order valence-electron chi connectivity index (χ2n) is 6.42. The summed E-state index contributed by atoms with van der Waals surface area (Å²) >= 11 is 0. The molecule has 2 aromatic carbocycles. The monoisotopic (exact) mass is 309 g/mol. The van der Waals surface area contributed by atoms with Crippen molar-refractivity contribution in [2.75, 3.05) is 13.1 Å². The van der Waals surface area contributed by atoms with Crippen LogP contribution in [-0.2, 0) is 4.74 Å². The van der Waals surface area contributed by atoms with Crippen molar-refractivity contribution in [2.45, 2.75) is 33.0 Å². The van der Waals surface area contributed by atoms with Gasteiger partial charge in [0.05, 0.1) is 12.6 Å². The lowest BCUT2D eigenvalue weighted by molar-refractivity contribution is -0.0691. The molecule has 2 aromatic rings. The number of amides is 1. The highest BCUT2D eigenvalue weighted by Gasteiger charge is 2.29. The molecule has 0 radical (unpaired) electrons. The third kappa shape index (κ3) is 3.62. The Bertz CT molecular complexity index is 676. The zero-order valence-electron chi connectivity index (χ0n) is 14.0. The highest BCUT2D eigenvalue weighted by Crippen LogP contribution is 2.26. The zero-order valence-corrected chi connectivity index (χ0v) is 14.0. The fraction of sp³-hybridized carbons (Fsp3) is 0.350. The van der Waals surface area contributed by atoms with Crippen molar-refractivity contribution >= 4 is 5.91 Å². The average molecular weight is 309 g/mol. The van der Waals surface area contributed by atoms with E-state index in [1.165, 1.54) is 5.56 Å². The second-order valence-corrected chi connectivity index (χ2v) is 6.42. The molecule has 1 aliphatic rings. The van der Waals surface area contributed by atoms with Crippen LogP contribution < -0.4 is 0 Å². The van der Waals surface area contributed by atoms with E-state index < -0.39 is 0 Å². The maximum Gasteiger partial charge on any atom is 0.254 e. The first-order valence-corrected chi connectivity index (χ1v) is 8.11. The molecular formula is C20H23NO2. The molecule has 1 saturated heterocycles. The zero-order chi connectivity index (χ0) is 16.4. The normalized spacial score (nSPS) is 21.3. The van der Waals surface area contributed by atoms with Gasteiger partial charge >= 0.3 is 0 Å². The molecule has 23 heavy (non-hydrogen) atoms. The molecular weight excluding hydrogens is 286 g/mol. The third-order valence-corrected chi connectivity index (χ3v) is 4.30. The van der Waals surface area contributed by atoms with Crippen LogP contribution >= 0.6 is 0 Å². The summed E-state index contributed by atoms with van der Waals surface area (Å²) in [6.45, 7) is 7.35. The Hall–Kier alpha value is -2.13. The standard InChI is InChI=1S/C20H23NO2/c1-14-4-8-17(9-5-14)19-13-21(12-16(3)23-19)20(22)18-10-6-15(2)7-11-18/h4-11,16,19H,12-13H2,1-3H3. The molecule has 1 heterocycles. The van der Waals surface area contributed by atoms with Crippen LogP contribution in [-0.4, -0.2) is 30.0 Å². The molecule has 0 N–H and O–H groups in total. The smallest absolute Gasteiger partial charge is 0.254 e. The van der Waals surface area contributed by atoms with E-state index in [0.29, 0.717) is 13.1 Å². The summed E-state index contributed by atoms with van der Waals surface area (Å²) in [5.41, 5.74) is 4.26. The molecule has 0 aliphatic carbocycles. The molecule has 3 heteroatoms. The van der Waals surface area contributed by atoms with Crippen molar-refractivity contribution in [2.24, 2.45) is 0 Å². The molecule has 120 valence electrons. The molecule has 3 nitrogen and oxygen atoms in total. The van der Waals surface area contributed by atoms with Crippen LogP contribution in [0.25, 0.3) is 0 Å². The first-order chi connectivity index (χ1) is 11.0. The molecule has 2 atom stereocenters. The van der Waals surface area contributed by atoms with Gasteiger partial charge in [-0.25, -0.2) is 0 Å². The van der Waals surface area contributed by atoms with Crippen LogP contribution in [0, 0.1) is 13.8 Å². The number of morpholine rings is 1. The van der Waals surface area contributed by atoms with Crippen molar-refractivity contribution in [3.05, 3.63) is 70.8 Å². The fourth-order valence-corrected chi connectivity index (χ4v) is 2.96. The van der Waals surface area contributed by atoms with Gasteiger partial charge in [0.25, 0.3) is 5.91 Å². The topological polar surface area (TPSA) is 29.5 Å². The molecule has 1 amide bonds. The van der Waals surface area contributed by atoms with Gasteiger partial charge in [0, 0.05) is 12.1 Å². The molecule has 1 aliphatic heterocycles. The maximum absolute atomic E-state index is 12.8. The van der Waals surface area contributed by atoms with Crippen molar-refractivity contribution in [3.8, 4) is 0 Å². The minimum Gasteiger partial charge on any atom is -0.367 e. The lowest BCUT2D eigenvalue weighted by Gasteiger charge is -2.37. The highest BCUT2D eigenvalue weighted by atomic mass is 16.5. The van der Waals surface area contributed by atoms with E-state index in [1.54, 1.807) is 0 Å². The van der Waals surface area contributed by atoms with Gasteiger partial charge < -0.3 is 9.64 Å². The lowest BCUT2D eigenvalue weighted by Crippen LogP contribution is -2.45. The van der Waals surface area contributed by atoms with Crippen molar-refractivity contribution in [3.63, 3.8) is 0 Å². The Balaban J connectivity index is 1.78. The third-order valence-electron chi connectivity index (χ3n) is 4.30. The molecule has 0 bridgehead atoms. The minimum atomic E-state index is -0.0613. The number of aryl methyl sites for hydroxylation is 2. The first-order valence-electron chi connectivity index (χ1n) is 8.11. The Morgan fingerprint density at radius 2 is 1.52 bits per heavy atom. The molecule has 0 aromatic heterocycles. The summed E-state index contributed by atoms with van der Waals surface area (Å²) in [5.74, 6) is 0.0808. The van der Waals surface area contributed by atoms with Gasteiger partial charge in [0.1, 0.15) is 6.10 Å². The Labute approximate surface area is 137 Å². The van der Waals surface area contributed by atoms with Crippen LogP contribution in [0.1, 0.15) is 40.1 Å². The maximum atomic E-state index is 12.8. The fourth-order valence-electron chi connectivity index (χ4n) is 2.96. The largest absolute Gasteiger partial charge is 0.367 e. The first kappa shape index (κ1) is 15.8. The average Bonchev–Trinajstić information content (AvgIpc) is 2.55. The van der Waals surface area contributed by atoms with Gasteiger partial charge in [-0.3, -0.25) is 4.79 Å². The number of rotatable bonds is 2. The molecule has 1 fully saturated rings. The van der Waals surface area contributed by atoms with Gasteiger partial charge in [-0.1, -0.05) is 47.5 Å². The molecule has 2 unspecified atom stereocenters. The van der Waals surface area contributed by atoms with E-state index in [4.69, 9.17) is 4.74 Å². The van der Waals surface area contributed by atoms with Gasteiger partial charge in [-0.15, -0.1) is 0 Å². The predicted molar refractivity (Wildman–Crippen MR) is 91.5 cm³/mol. The number of hydrogen-bond donors (Lipinski definition) is 0. The Kier molecular flexibility index (Phi) is 4.49. The molecule has 0 saturated carbocycles. The SMILES string of the molecule is Cc1ccc(C(=O)N2CC(C)OC(c3ccc(C)cc3)C2)cc1. The van der Waals surface area contributed by atoms with Crippen LogP contribution in [0.2, 0.25) is 0 Å². The van der Waals surface area contributed by atoms with Crippen molar-refractivity contribution < 1.29 is 9.53 Å². The van der Waals surface area contributed by atoms with E-state index in [0.717, 1.165) is 16.7 Å². The summed E-state index contributed by atoms with van der Waals surface area (Å²) in [6.07, 6.45) is -0.0294. The van der Waals surface area contributed by atoms with E-state index in [2.05, 4.69) is 31.2 Å². The van der Waals surface area contributed by atoms with Crippen LogP contribution in [0.3, 0.4) is 0 Å². The van der Waals surface area contributed by atoms with Crippen molar-refractivity contribution in [1.29, 1.82) is 0 Å². The van der Waals surface area contributed by atoms with E-state index in [-0.39, 0.29) is 18.1 Å². The Morgan fingerprint density at radius 1 is 0.957 bits per heavy atom. The van der Waals surface area contributed by atoms with Crippen LogP contribution in [0.15, 0.2) is 48.5 Å². The van der Waals surface area contributed by atoms with Gasteiger partial charge in [0.2, 0.25) is 0 Å². The number of ether oxygens (including phenoxy) is 1. The lowest BCUT2D eigenvalue weighted by atomic mass is 10.0. The molecule has 3 rings (SSSR count). The number of nitrogens with zero attached hydrogens (tertiary/aromatic N) is 1. The van der Waals surface area contributed by atoms with Crippen LogP contribution in [0.5, 0.6) is 0 Å². The summed E-state index contributed by atoms with van der Waals surface area (Å²) < 4.78 is 6.05. The quantitative estimate of drug-likeness (QED) is 0.842. The summed E-state index contributed by atoms with van der Waals surface area (Å²) in [7, 11) is 0. The van der Waals surface area contributed by atoms with E-state index in [9.17, 15) is 4.79 Å². The highest BCUT2D eigenvalue weighted by molar-refractivity contribution is 5.94. The van der Waals surface area contributed by atoms with Gasteiger partial charge in [-0.2, -0.15) is 0 Å². The number of carbonyl (C=O) groups is 1. The summed E-state index contributed by atoms with van der Waals surface area (Å²) in [4.78, 5) is 14.7. The minimum absolute atomic E-state index is 0.0319. The summed E-state index contributed by atoms with van der Waals surface area (Å²) in [5, 5.41) is 0. The predicted octanol–water partition coefficient (Wildman–Crippen LogP) is 3.91. The Morgan fingerprint density at radius 3 is 2.13 bits per heavy atom. The van der Waals surface area contributed by atoms with E-state index >= 15 is 0 Å². The number of carbonyl (C=O) groups excluding carboxylic acids is 1. The second kappa shape index (κ2) is 6.55. The number of hydrogen-bond acceptors (Lipinski definition) is 2. The summed E-state index contributed by atoms with van der Waals surface area (Å²) in [6, 6.07) is 16.1. The number of benzene rings is 2.